The molecule has 84 heavy (non-hydrogen) atoms. The van der Waals surface area contributed by atoms with Gasteiger partial charge in [0.15, 0.2) is 0 Å². The summed E-state index contributed by atoms with van der Waals surface area (Å²) in [4.78, 5) is 74.7. The van der Waals surface area contributed by atoms with Gasteiger partial charge in [0, 0.05) is 117 Å². The predicted octanol–water partition coefficient (Wildman–Crippen LogP) is 3.85. The third-order valence-corrected chi connectivity index (χ3v) is 15.3. The summed E-state index contributed by atoms with van der Waals surface area (Å²) in [5.41, 5.74) is 1.34. The van der Waals surface area contributed by atoms with Crippen molar-refractivity contribution in [3.63, 3.8) is 0 Å². The number of aliphatic hydroxyl groups excluding tert-OH is 2. The number of piperazine rings is 2. The van der Waals surface area contributed by atoms with Crippen LogP contribution < -0.4 is 25.8 Å². The van der Waals surface area contributed by atoms with Crippen LogP contribution in [0.4, 0.5) is 17.8 Å². The highest BCUT2D eigenvalue weighted by atomic mass is 32.2. The van der Waals surface area contributed by atoms with Gasteiger partial charge in [-0.05, 0) is 51.0 Å². The number of thioether (sulfide) groups is 1. The molecule has 0 bridgehead atoms. The van der Waals surface area contributed by atoms with Crippen LogP contribution in [0.15, 0.2) is 12.4 Å². The third kappa shape index (κ3) is 28.0. The number of carbonyl (C=O) groups excluding carboxylic acids is 4. The van der Waals surface area contributed by atoms with E-state index in [-0.39, 0.29) is 43.4 Å². The van der Waals surface area contributed by atoms with Gasteiger partial charge < -0.3 is 60.0 Å². The van der Waals surface area contributed by atoms with E-state index in [1.165, 1.54) is 4.68 Å². The summed E-state index contributed by atoms with van der Waals surface area (Å²) in [6.45, 7) is 10.7. The molecular weight excluding hydrogens is 1100 g/mol. The second kappa shape index (κ2) is 42.2. The summed E-state index contributed by atoms with van der Waals surface area (Å²) in [7, 11) is 0. The Morgan fingerprint density at radius 2 is 1.18 bits per heavy atom. The maximum atomic E-state index is 13.3. The van der Waals surface area contributed by atoms with Crippen molar-refractivity contribution in [2.45, 2.75) is 160 Å². The lowest BCUT2D eigenvalue weighted by Gasteiger charge is -2.36. The fourth-order valence-corrected chi connectivity index (χ4v) is 10.4. The molecular formula is C58H98N16O9S. The maximum absolute atomic E-state index is 13.3. The number of terminal acetylenes is 1. The smallest absolute Gasteiger partial charge is 0.244 e. The van der Waals surface area contributed by atoms with Crippen molar-refractivity contribution in [2.75, 3.05) is 145 Å². The van der Waals surface area contributed by atoms with E-state index in [0.717, 1.165) is 108 Å². The van der Waals surface area contributed by atoms with E-state index < -0.39 is 12.1 Å². The van der Waals surface area contributed by atoms with Crippen LogP contribution in [-0.2, 0) is 52.8 Å². The number of hydrogen-bond acceptors (Lipinski definition) is 20. The van der Waals surface area contributed by atoms with E-state index in [4.69, 9.17) is 35.6 Å². The molecule has 25 nitrogen and oxygen atoms in total. The number of anilines is 3. The molecule has 5 rings (SSSR count). The SMILES string of the molecule is C#CCOCCOCCOCCNc1nc(N2CCN(C(=O)CCCCCCCCCCNC(=O)Cn3cc(C[C@@H](C)O)nn3)CC2)nc(N2CCN(C(=O)CCCCCCCCCCNC(=O)[C@H](CCSC)n3cc(CCO)nn3)CC2)n1. The monoisotopic (exact) mass is 1190 g/mol. The number of rotatable bonds is 46. The van der Waals surface area contributed by atoms with Crippen LogP contribution in [0.1, 0.15) is 146 Å². The molecule has 470 valence electrons. The Balaban J connectivity index is 0.947. The molecule has 2 fully saturated rings. The Kier molecular flexibility index (Phi) is 34.7. The van der Waals surface area contributed by atoms with Crippen LogP contribution in [0, 0.1) is 12.3 Å². The third-order valence-electron chi connectivity index (χ3n) is 14.7. The van der Waals surface area contributed by atoms with Crippen molar-refractivity contribution in [3.8, 4) is 12.3 Å². The first-order valence-corrected chi connectivity index (χ1v) is 32.3. The molecule has 0 saturated carbocycles. The number of nitrogens with one attached hydrogen (secondary N) is 3. The molecule has 0 aromatic carbocycles. The van der Waals surface area contributed by atoms with E-state index in [1.807, 2.05) is 16.1 Å². The summed E-state index contributed by atoms with van der Waals surface area (Å²) in [6, 6.07) is -0.408. The van der Waals surface area contributed by atoms with Gasteiger partial charge in [-0.2, -0.15) is 26.7 Å². The second-order valence-electron chi connectivity index (χ2n) is 21.6. The minimum atomic E-state index is -0.505. The van der Waals surface area contributed by atoms with Crippen molar-refractivity contribution in [3.05, 3.63) is 23.8 Å². The first-order chi connectivity index (χ1) is 41.1. The lowest BCUT2D eigenvalue weighted by molar-refractivity contribution is -0.132. The summed E-state index contributed by atoms with van der Waals surface area (Å²) >= 11 is 1.69. The molecule has 3 aromatic heterocycles. The first-order valence-electron chi connectivity index (χ1n) is 30.9. The topological polar surface area (TPSA) is 286 Å². The van der Waals surface area contributed by atoms with Crippen LogP contribution in [0.3, 0.4) is 0 Å². The zero-order valence-corrected chi connectivity index (χ0v) is 51.2. The normalized spacial score (nSPS) is 14.4. The zero-order chi connectivity index (χ0) is 59.8. The molecule has 2 aliphatic heterocycles. The van der Waals surface area contributed by atoms with Gasteiger partial charge in [0.05, 0.1) is 50.5 Å². The Morgan fingerprint density at radius 1 is 0.655 bits per heavy atom. The zero-order valence-electron chi connectivity index (χ0n) is 50.4. The van der Waals surface area contributed by atoms with Gasteiger partial charge >= 0.3 is 0 Å². The van der Waals surface area contributed by atoms with E-state index >= 15 is 0 Å². The molecule has 2 saturated heterocycles. The number of unbranched alkanes of at least 4 members (excludes halogenated alkanes) is 14. The lowest BCUT2D eigenvalue weighted by atomic mass is 10.1. The van der Waals surface area contributed by atoms with Gasteiger partial charge in [-0.15, -0.1) is 16.6 Å². The fraction of sp³-hybridized carbons (Fsp3) is 0.776. The number of nitrogens with zero attached hydrogens (tertiary/aromatic N) is 13. The van der Waals surface area contributed by atoms with Crippen molar-refractivity contribution in [1.29, 1.82) is 0 Å². The van der Waals surface area contributed by atoms with Crippen LogP contribution in [0.5, 0.6) is 0 Å². The molecule has 4 amide bonds. The predicted molar refractivity (Wildman–Crippen MR) is 325 cm³/mol. The number of aliphatic hydroxyl groups is 2. The summed E-state index contributed by atoms with van der Waals surface area (Å²) in [6.07, 6.45) is 29.4. The molecule has 5 heterocycles. The standard InChI is InChI=1S/C58H98N16O9S/c1-4-37-81-39-41-83-42-40-82-38-27-61-56-62-57(71-32-28-69(29-33-71)53(78)21-17-13-9-5-7-11-15-19-25-59-52(77)47-73-45-50(66-67-73)44-48(2)76)64-58(63-56)72-34-30-70(31-35-72)54(79)22-18-14-10-6-8-12-16-20-26-60-55(80)51(24-43-84-3)74-46-49(23-36-75)65-68-74/h1,45-46,48,51,75-76H,5-44,47H2,2-3H3,(H,59,77)(H,60,80)(H,61,62,63,64)/t48-,51+/m1/s1. The molecule has 5 N–H and O–H groups in total. The van der Waals surface area contributed by atoms with Gasteiger partial charge in [0.2, 0.25) is 41.5 Å². The average Bonchev–Trinajstić information content (AvgIpc) is 3.79. The number of amides is 4. The maximum Gasteiger partial charge on any atom is 0.244 e. The highest BCUT2D eigenvalue weighted by Crippen LogP contribution is 2.22. The quantitative estimate of drug-likeness (QED) is 0.0397. The van der Waals surface area contributed by atoms with Crippen molar-refractivity contribution in [2.24, 2.45) is 0 Å². The minimum Gasteiger partial charge on any atom is -0.396 e. The van der Waals surface area contributed by atoms with Gasteiger partial charge in [0.1, 0.15) is 19.2 Å². The van der Waals surface area contributed by atoms with Gasteiger partial charge in [-0.25, -0.2) is 9.36 Å². The van der Waals surface area contributed by atoms with Crippen molar-refractivity contribution < 1.29 is 43.6 Å². The molecule has 0 radical (unpaired) electrons. The van der Waals surface area contributed by atoms with Crippen LogP contribution >= 0.6 is 11.8 Å². The van der Waals surface area contributed by atoms with Crippen molar-refractivity contribution >= 4 is 53.2 Å². The average molecular weight is 1200 g/mol. The Bertz CT molecular complexity index is 2340. The van der Waals surface area contributed by atoms with Gasteiger partial charge in [-0.1, -0.05) is 93.4 Å². The summed E-state index contributed by atoms with van der Waals surface area (Å²) < 4.78 is 19.7. The minimum absolute atomic E-state index is 0.00549. The second-order valence-corrected chi connectivity index (χ2v) is 22.6. The van der Waals surface area contributed by atoms with Crippen LogP contribution in [-0.4, -0.2) is 225 Å². The largest absolute Gasteiger partial charge is 0.396 e. The van der Waals surface area contributed by atoms with Crippen LogP contribution in [0.2, 0.25) is 0 Å². The molecule has 26 heteroatoms. The highest BCUT2D eigenvalue weighted by Gasteiger charge is 2.27. The number of carbonyl (C=O) groups is 4. The molecule has 0 spiro atoms. The van der Waals surface area contributed by atoms with E-state index in [2.05, 4.69) is 52.3 Å². The fourth-order valence-electron chi connectivity index (χ4n) is 9.95. The van der Waals surface area contributed by atoms with E-state index in [1.54, 1.807) is 35.8 Å². The molecule has 2 aliphatic rings. The summed E-state index contributed by atoms with van der Waals surface area (Å²) in [5.74, 6) is 5.05. The molecule has 0 unspecified atom stereocenters. The molecule has 2 atom stereocenters. The first kappa shape index (κ1) is 69.1. The molecule has 3 aromatic rings. The highest BCUT2D eigenvalue weighted by molar-refractivity contribution is 7.98. The van der Waals surface area contributed by atoms with E-state index in [9.17, 15) is 29.4 Å². The van der Waals surface area contributed by atoms with E-state index in [0.29, 0.717) is 166 Å². The Hall–Kier alpha value is -5.72. The number of aromatic nitrogens is 9. The Labute approximate surface area is 502 Å². The van der Waals surface area contributed by atoms with Crippen LogP contribution in [0.25, 0.3) is 0 Å². The number of ether oxygens (including phenoxy) is 3. The number of hydrogen-bond donors (Lipinski definition) is 5. The molecule has 0 aliphatic carbocycles. The van der Waals surface area contributed by atoms with Gasteiger partial charge in [-0.3, -0.25) is 19.2 Å². The Morgan fingerprint density at radius 3 is 1.73 bits per heavy atom. The van der Waals surface area contributed by atoms with Gasteiger partial charge in [0.25, 0.3) is 0 Å². The van der Waals surface area contributed by atoms with Crippen molar-refractivity contribution in [1.82, 2.24) is 65.4 Å². The lowest BCUT2D eigenvalue weighted by Crippen LogP contribution is -2.50. The summed E-state index contributed by atoms with van der Waals surface area (Å²) in [5, 5.41) is 44.3.